The molecule has 134 valence electrons. The summed E-state index contributed by atoms with van der Waals surface area (Å²) in [6, 6.07) is 0.258. The number of rotatable bonds is 2. The van der Waals surface area contributed by atoms with E-state index < -0.39 is 5.60 Å². The van der Waals surface area contributed by atoms with E-state index in [-0.39, 0.29) is 12.1 Å². The van der Waals surface area contributed by atoms with E-state index in [4.69, 9.17) is 10.5 Å². The van der Waals surface area contributed by atoms with Gasteiger partial charge >= 0.3 is 6.09 Å². The number of piperidine rings is 1. The number of likely N-dealkylation sites (tertiary alicyclic amines) is 1. The SMILES string of the molecule is CC(C)(C)OC(=O)N1CCC(n2cc(-c3cnc(N)cn3)cn2)CC1. The molecule has 1 aliphatic rings. The summed E-state index contributed by atoms with van der Waals surface area (Å²) in [7, 11) is 0. The molecule has 0 aliphatic carbocycles. The van der Waals surface area contributed by atoms with Gasteiger partial charge in [-0.15, -0.1) is 0 Å². The van der Waals surface area contributed by atoms with E-state index in [1.54, 1.807) is 17.3 Å². The summed E-state index contributed by atoms with van der Waals surface area (Å²) in [5, 5.41) is 4.45. The zero-order chi connectivity index (χ0) is 18.0. The molecule has 2 aromatic heterocycles. The molecule has 3 heterocycles. The third-order valence-corrected chi connectivity index (χ3v) is 4.06. The monoisotopic (exact) mass is 344 g/mol. The second-order valence-electron chi connectivity index (χ2n) is 7.23. The first-order chi connectivity index (χ1) is 11.8. The van der Waals surface area contributed by atoms with Crippen LogP contribution >= 0.6 is 0 Å². The average Bonchev–Trinajstić information content (AvgIpc) is 3.04. The lowest BCUT2D eigenvalue weighted by atomic mass is 10.1. The Bertz CT molecular complexity index is 726. The molecule has 1 saturated heterocycles. The molecule has 3 rings (SSSR count). The second kappa shape index (κ2) is 6.70. The fraction of sp³-hybridized carbons (Fsp3) is 0.529. The van der Waals surface area contributed by atoms with Crippen LogP contribution in [0.1, 0.15) is 39.7 Å². The molecule has 8 nitrogen and oxygen atoms in total. The van der Waals surface area contributed by atoms with Crippen LogP contribution in [0.5, 0.6) is 0 Å². The minimum absolute atomic E-state index is 0.246. The molecule has 0 aromatic carbocycles. The van der Waals surface area contributed by atoms with E-state index >= 15 is 0 Å². The molecule has 2 N–H and O–H groups in total. The second-order valence-corrected chi connectivity index (χ2v) is 7.23. The lowest BCUT2D eigenvalue weighted by Crippen LogP contribution is -2.42. The highest BCUT2D eigenvalue weighted by Crippen LogP contribution is 2.25. The molecule has 0 spiro atoms. The molecular formula is C17H24N6O2. The summed E-state index contributed by atoms with van der Waals surface area (Å²) in [6.45, 7) is 6.96. The van der Waals surface area contributed by atoms with Gasteiger partial charge in [-0.25, -0.2) is 9.78 Å². The number of hydrogen-bond donors (Lipinski definition) is 1. The normalized spacial score (nSPS) is 16.0. The Kier molecular flexibility index (Phi) is 4.61. The topological polar surface area (TPSA) is 99.2 Å². The number of carbonyl (C=O) groups excluding carboxylic acids is 1. The standard InChI is InChI=1S/C17H24N6O2/c1-17(2,3)25-16(24)22-6-4-13(5-7-22)23-11-12(8-21-23)14-9-20-15(18)10-19-14/h8-11,13H,4-7H2,1-3H3,(H2,18,20). The molecule has 0 bridgehead atoms. The Hall–Kier alpha value is -2.64. The first-order valence-corrected chi connectivity index (χ1v) is 8.42. The van der Waals surface area contributed by atoms with Gasteiger partial charge in [-0.2, -0.15) is 5.10 Å². The molecule has 1 fully saturated rings. The maximum absolute atomic E-state index is 12.1. The Morgan fingerprint density at radius 2 is 1.92 bits per heavy atom. The van der Waals surface area contributed by atoms with E-state index in [9.17, 15) is 4.79 Å². The van der Waals surface area contributed by atoms with Crippen molar-refractivity contribution >= 4 is 11.9 Å². The predicted octanol–water partition coefficient (Wildman–Crippen LogP) is 2.49. The highest BCUT2D eigenvalue weighted by Gasteiger charge is 2.27. The van der Waals surface area contributed by atoms with Crippen molar-refractivity contribution in [3.8, 4) is 11.3 Å². The van der Waals surface area contributed by atoms with Gasteiger partial charge in [-0.05, 0) is 33.6 Å². The Morgan fingerprint density at radius 1 is 1.20 bits per heavy atom. The van der Waals surface area contributed by atoms with Crippen LogP contribution in [0.3, 0.4) is 0 Å². The number of aromatic nitrogens is 4. The van der Waals surface area contributed by atoms with Gasteiger partial charge in [-0.1, -0.05) is 0 Å². The van der Waals surface area contributed by atoms with Crippen molar-refractivity contribution in [1.29, 1.82) is 0 Å². The van der Waals surface area contributed by atoms with E-state index in [0.717, 1.165) is 24.1 Å². The van der Waals surface area contributed by atoms with Crippen molar-refractivity contribution in [2.24, 2.45) is 0 Å². The minimum Gasteiger partial charge on any atom is -0.444 e. The highest BCUT2D eigenvalue weighted by atomic mass is 16.6. The number of hydrogen-bond acceptors (Lipinski definition) is 6. The fourth-order valence-corrected chi connectivity index (χ4v) is 2.80. The lowest BCUT2D eigenvalue weighted by Gasteiger charge is -2.33. The first-order valence-electron chi connectivity index (χ1n) is 8.42. The molecule has 25 heavy (non-hydrogen) atoms. The Labute approximate surface area is 147 Å². The molecule has 0 atom stereocenters. The van der Waals surface area contributed by atoms with Crippen molar-refractivity contribution in [2.45, 2.75) is 45.3 Å². The summed E-state index contributed by atoms with van der Waals surface area (Å²) in [6.07, 6.45) is 8.35. The molecule has 2 aromatic rings. The van der Waals surface area contributed by atoms with E-state index in [1.807, 2.05) is 31.6 Å². The van der Waals surface area contributed by atoms with Crippen LogP contribution in [0.2, 0.25) is 0 Å². The van der Waals surface area contributed by atoms with Crippen molar-refractivity contribution in [2.75, 3.05) is 18.8 Å². The van der Waals surface area contributed by atoms with E-state index in [1.165, 1.54) is 6.20 Å². The third kappa shape index (κ3) is 4.26. The number of amides is 1. The zero-order valence-electron chi connectivity index (χ0n) is 14.8. The number of anilines is 1. The van der Waals surface area contributed by atoms with Crippen molar-refractivity contribution < 1.29 is 9.53 Å². The molecule has 0 radical (unpaired) electrons. The summed E-state index contributed by atoms with van der Waals surface area (Å²) >= 11 is 0. The number of ether oxygens (including phenoxy) is 1. The van der Waals surface area contributed by atoms with Gasteiger partial charge in [0.05, 0.1) is 30.3 Å². The van der Waals surface area contributed by atoms with Gasteiger partial charge in [0.25, 0.3) is 0 Å². The number of nitrogen functional groups attached to an aromatic ring is 1. The van der Waals surface area contributed by atoms with Crippen LogP contribution in [-0.4, -0.2) is 49.4 Å². The van der Waals surface area contributed by atoms with Crippen LogP contribution in [0.25, 0.3) is 11.3 Å². The summed E-state index contributed by atoms with van der Waals surface area (Å²) in [4.78, 5) is 22.2. The zero-order valence-corrected chi connectivity index (χ0v) is 14.8. The van der Waals surface area contributed by atoms with Crippen LogP contribution < -0.4 is 5.73 Å². The number of nitrogens with zero attached hydrogens (tertiary/aromatic N) is 5. The summed E-state index contributed by atoms with van der Waals surface area (Å²) in [5.74, 6) is 0.394. The first kappa shape index (κ1) is 17.2. The molecule has 0 saturated carbocycles. The van der Waals surface area contributed by atoms with Crippen molar-refractivity contribution in [3.05, 3.63) is 24.8 Å². The molecule has 1 amide bonds. The van der Waals surface area contributed by atoms with Crippen LogP contribution in [0.15, 0.2) is 24.8 Å². The maximum atomic E-state index is 12.1. The van der Waals surface area contributed by atoms with E-state index in [2.05, 4.69) is 15.1 Å². The van der Waals surface area contributed by atoms with Crippen molar-refractivity contribution in [3.63, 3.8) is 0 Å². The third-order valence-electron chi connectivity index (χ3n) is 4.06. The molecule has 1 aliphatic heterocycles. The largest absolute Gasteiger partial charge is 0.444 e. The van der Waals surface area contributed by atoms with Crippen LogP contribution in [0.4, 0.5) is 10.6 Å². The van der Waals surface area contributed by atoms with Gasteiger partial charge in [0.1, 0.15) is 11.4 Å². The summed E-state index contributed by atoms with van der Waals surface area (Å²) < 4.78 is 7.37. The smallest absolute Gasteiger partial charge is 0.410 e. The molecular weight excluding hydrogens is 320 g/mol. The van der Waals surface area contributed by atoms with E-state index in [0.29, 0.717) is 18.9 Å². The highest BCUT2D eigenvalue weighted by molar-refractivity contribution is 5.68. The number of nitrogens with two attached hydrogens (primary N) is 1. The molecule has 8 heteroatoms. The summed E-state index contributed by atoms with van der Waals surface area (Å²) in [5.41, 5.74) is 6.75. The Morgan fingerprint density at radius 3 is 2.52 bits per heavy atom. The van der Waals surface area contributed by atoms with Gasteiger partial charge in [-0.3, -0.25) is 9.67 Å². The lowest BCUT2D eigenvalue weighted by molar-refractivity contribution is 0.0185. The predicted molar refractivity (Wildman–Crippen MR) is 93.7 cm³/mol. The van der Waals surface area contributed by atoms with Gasteiger partial charge in [0.2, 0.25) is 0 Å². The average molecular weight is 344 g/mol. The maximum Gasteiger partial charge on any atom is 0.410 e. The van der Waals surface area contributed by atoms with Gasteiger partial charge < -0.3 is 15.4 Å². The number of carbonyl (C=O) groups is 1. The van der Waals surface area contributed by atoms with Crippen LogP contribution in [0, 0.1) is 0 Å². The van der Waals surface area contributed by atoms with Gasteiger partial charge in [0.15, 0.2) is 0 Å². The quantitative estimate of drug-likeness (QED) is 0.898. The minimum atomic E-state index is -0.467. The van der Waals surface area contributed by atoms with Crippen LogP contribution in [-0.2, 0) is 4.74 Å². The Balaban J connectivity index is 1.60. The fourth-order valence-electron chi connectivity index (χ4n) is 2.80. The van der Waals surface area contributed by atoms with Crippen molar-refractivity contribution in [1.82, 2.24) is 24.6 Å². The van der Waals surface area contributed by atoms with Gasteiger partial charge in [0, 0.05) is 24.8 Å². The molecule has 0 unspecified atom stereocenters.